The van der Waals surface area contributed by atoms with E-state index in [0.717, 1.165) is 43.0 Å². The highest BCUT2D eigenvalue weighted by atomic mass is 32.2. The second kappa shape index (κ2) is 9.64. The molecule has 1 amide bonds. The lowest BCUT2D eigenvalue weighted by Gasteiger charge is -2.26. The van der Waals surface area contributed by atoms with Gasteiger partial charge in [-0.3, -0.25) is 4.79 Å². The molecule has 2 aliphatic rings. The van der Waals surface area contributed by atoms with Crippen LogP contribution in [0.15, 0.2) is 39.5 Å². The first-order valence-corrected chi connectivity index (χ1v) is 12.9. The van der Waals surface area contributed by atoms with Crippen molar-refractivity contribution in [3.8, 4) is 0 Å². The number of ether oxygens (including phenoxy) is 1. The number of nitrogens with zero attached hydrogens (tertiary/aromatic N) is 4. The average molecular weight is 465 g/mol. The molecule has 2 saturated heterocycles. The molecule has 2 fully saturated rings. The van der Waals surface area contributed by atoms with Gasteiger partial charge in [0.1, 0.15) is 0 Å². The van der Waals surface area contributed by atoms with Crippen LogP contribution >= 0.6 is 11.3 Å². The van der Waals surface area contributed by atoms with Crippen molar-refractivity contribution in [1.82, 2.24) is 13.8 Å². The molecular weight excluding hydrogens is 436 g/mol. The summed E-state index contributed by atoms with van der Waals surface area (Å²) >= 11 is 1.56. The van der Waals surface area contributed by atoms with E-state index in [1.165, 1.54) is 4.31 Å². The molecule has 2 aromatic rings. The van der Waals surface area contributed by atoms with Gasteiger partial charge in [-0.1, -0.05) is 0 Å². The average Bonchev–Trinajstić information content (AvgIpc) is 3.35. The van der Waals surface area contributed by atoms with Crippen LogP contribution in [0.5, 0.6) is 0 Å². The summed E-state index contributed by atoms with van der Waals surface area (Å²) in [5, 5.41) is 2.07. The van der Waals surface area contributed by atoms with Crippen LogP contribution in [-0.4, -0.2) is 67.5 Å². The predicted octanol–water partition coefficient (Wildman–Crippen LogP) is 2.12. The Labute approximate surface area is 186 Å². The molecule has 4 rings (SSSR count). The Hall–Kier alpha value is -2.01. The zero-order valence-corrected chi connectivity index (χ0v) is 19.3. The quantitative estimate of drug-likeness (QED) is 0.628. The van der Waals surface area contributed by atoms with Crippen LogP contribution in [0.1, 0.15) is 25.0 Å². The maximum absolute atomic E-state index is 12.8. The first-order chi connectivity index (χ1) is 14.9. The van der Waals surface area contributed by atoms with Gasteiger partial charge in [-0.25, -0.2) is 13.4 Å². The highest BCUT2D eigenvalue weighted by molar-refractivity contribution is 7.89. The molecule has 0 bridgehead atoms. The van der Waals surface area contributed by atoms with Gasteiger partial charge in [-0.05, 0) is 44.0 Å². The molecular formula is C21H28N4O4S2. The molecule has 8 nitrogen and oxygen atoms in total. The molecule has 10 heteroatoms. The van der Waals surface area contributed by atoms with Gasteiger partial charge >= 0.3 is 0 Å². The monoisotopic (exact) mass is 464 g/mol. The van der Waals surface area contributed by atoms with Crippen molar-refractivity contribution in [2.45, 2.75) is 37.6 Å². The number of hydrogen-bond donors (Lipinski definition) is 0. The first kappa shape index (κ1) is 22.2. The fraction of sp³-hybridized carbons (Fsp3) is 0.524. The predicted molar refractivity (Wildman–Crippen MR) is 119 cm³/mol. The number of aromatic nitrogens is 1. The third-order valence-corrected chi connectivity index (χ3v) is 8.54. The third-order valence-electron chi connectivity index (χ3n) is 5.64. The molecule has 3 heterocycles. The zero-order chi connectivity index (χ0) is 21.8. The largest absolute Gasteiger partial charge is 0.379 e. The normalized spacial score (nSPS) is 18.8. The smallest absolute Gasteiger partial charge is 0.243 e. The fourth-order valence-electron chi connectivity index (χ4n) is 3.87. The number of aryl methyl sites for hydroxylation is 1. The number of likely N-dealkylation sites (tertiary alicyclic amines) is 1. The summed E-state index contributed by atoms with van der Waals surface area (Å²) in [6.07, 6.45) is 2.51. The van der Waals surface area contributed by atoms with E-state index in [1.807, 2.05) is 4.90 Å². The van der Waals surface area contributed by atoms with Gasteiger partial charge in [-0.2, -0.15) is 4.31 Å². The number of sulfonamides is 1. The van der Waals surface area contributed by atoms with Crippen molar-refractivity contribution >= 4 is 33.0 Å². The molecule has 168 valence electrons. The van der Waals surface area contributed by atoms with Gasteiger partial charge in [0.15, 0.2) is 4.80 Å². The van der Waals surface area contributed by atoms with E-state index in [0.29, 0.717) is 38.4 Å². The number of carbonyl (C=O) groups is 1. The van der Waals surface area contributed by atoms with Crippen LogP contribution in [0.25, 0.3) is 0 Å². The van der Waals surface area contributed by atoms with Crippen LogP contribution in [0.2, 0.25) is 0 Å². The molecule has 0 aliphatic carbocycles. The second-order valence-electron chi connectivity index (χ2n) is 7.77. The van der Waals surface area contributed by atoms with E-state index < -0.39 is 10.0 Å². The number of thiazole rings is 1. The first-order valence-electron chi connectivity index (χ1n) is 10.6. The van der Waals surface area contributed by atoms with Crippen molar-refractivity contribution in [2.75, 3.05) is 39.4 Å². The summed E-state index contributed by atoms with van der Waals surface area (Å²) in [6.45, 7) is 6.10. The Kier molecular flexibility index (Phi) is 6.90. The maximum Gasteiger partial charge on any atom is 0.243 e. The van der Waals surface area contributed by atoms with Gasteiger partial charge in [0.05, 0.1) is 23.8 Å². The molecule has 0 N–H and O–H groups in total. The molecule has 0 saturated carbocycles. The highest BCUT2D eigenvalue weighted by Gasteiger charge is 2.26. The second-order valence-corrected chi connectivity index (χ2v) is 10.5. The minimum atomic E-state index is -3.50. The Bertz CT molecular complexity index is 1080. The lowest BCUT2D eigenvalue weighted by Crippen LogP contribution is -2.40. The van der Waals surface area contributed by atoms with E-state index >= 15 is 0 Å². The van der Waals surface area contributed by atoms with E-state index in [4.69, 9.17) is 9.73 Å². The molecule has 0 spiro atoms. The number of benzene rings is 1. The lowest BCUT2D eigenvalue weighted by atomic mass is 10.3. The minimum absolute atomic E-state index is 0.254. The van der Waals surface area contributed by atoms with Gasteiger partial charge in [0.25, 0.3) is 0 Å². The van der Waals surface area contributed by atoms with E-state index in [1.54, 1.807) is 35.6 Å². The van der Waals surface area contributed by atoms with E-state index in [-0.39, 0.29) is 10.8 Å². The molecule has 1 aromatic carbocycles. The van der Waals surface area contributed by atoms with Crippen LogP contribution in [0, 0.1) is 6.92 Å². The highest BCUT2D eigenvalue weighted by Crippen LogP contribution is 2.21. The SMILES string of the molecule is Cc1csc(=Nc2ccc(S(=O)(=O)N3CCOCC3)cc2)n1CCCN1CCCC1=O. The molecule has 1 aromatic heterocycles. The van der Waals surface area contributed by atoms with Crippen molar-refractivity contribution in [3.63, 3.8) is 0 Å². The van der Waals surface area contributed by atoms with E-state index in [2.05, 4.69) is 16.9 Å². The molecule has 2 aliphatic heterocycles. The summed E-state index contributed by atoms with van der Waals surface area (Å²) in [5.74, 6) is 0.254. The van der Waals surface area contributed by atoms with Crippen molar-refractivity contribution in [3.05, 3.63) is 40.1 Å². The molecule has 31 heavy (non-hydrogen) atoms. The van der Waals surface area contributed by atoms with Gasteiger partial charge in [0.2, 0.25) is 15.9 Å². The number of hydrogen-bond acceptors (Lipinski definition) is 6. The standard InChI is InChI=1S/C21H28N4O4S2/c1-17-16-30-21(25(17)11-3-10-23-9-2-4-20(23)26)22-18-5-7-19(8-6-18)31(27,28)24-12-14-29-15-13-24/h5-8,16H,2-4,9-15H2,1H3. The molecule has 0 atom stereocenters. The maximum atomic E-state index is 12.8. The molecule has 0 unspecified atom stereocenters. The minimum Gasteiger partial charge on any atom is -0.379 e. The van der Waals surface area contributed by atoms with Crippen LogP contribution in [0.3, 0.4) is 0 Å². The Balaban J connectivity index is 1.47. The van der Waals surface area contributed by atoms with Gasteiger partial charge in [0, 0.05) is 50.2 Å². The zero-order valence-electron chi connectivity index (χ0n) is 17.7. The van der Waals surface area contributed by atoms with Gasteiger partial charge in [-0.15, -0.1) is 11.3 Å². The van der Waals surface area contributed by atoms with E-state index in [9.17, 15) is 13.2 Å². The topological polar surface area (TPSA) is 84.2 Å². The fourth-order valence-corrected chi connectivity index (χ4v) is 6.21. The number of amides is 1. The Morgan fingerprint density at radius 2 is 1.84 bits per heavy atom. The summed E-state index contributed by atoms with van der Waals surface area (Å²) in [5.41, 5.74) is 1.84. The van der Waals surface area contributed by atoms with Crippen molar-refractivity contribution < 1.29 is 17.9 Å². The van der Waals surface area contributed by atoms with Gasteiger partial charge < -0.3 is 14.2 Å². The van der Waals surface area contributed by atoms with Crippen molar-refractivity contribution in [1.29, 1.82) is 0 Å². The number of rotatable bonds is 7. The summed E-state index contributed by atoms with van der Waals surface area (Å²) in [6, 6.07) is 6.73. The lowest BCUT2D eigenvalue weighted by molar-refractivity contribution is -0.127. The number of morpholine rings is 1. The number of carbonyl (C=O) groups excluding carboxylic acids is 1. The summed E-state index contributed by atoms with van der Waals surface area (Å²) in [4.78, 5) is 19.6. The van der Waals surface area contributed by atoms with Crippen LogP contribution < -0.4 is 4.80 Å². The van der Waals surface area contributed by atoms with Crippen molar-refractivity contribution in [2.24, 2.45) is 4.99 Å². The van der Waals surface area contributed by atoms with Crippen LogP contribution in [0.4, 0.5) is 5.69 Å². The molecule has 0 radical (unpaired) electrons. The Morgan fingerprint density at radius 1 is 1.10 bits per heavy atom. The summed E-state index contributed by atoms with van der Waals surface area (Å²) in [7, 11) is -3.50. The third kappa shape index (κ3) is 5.08. The summed E-state index contributed by atoms with van der Waals surface area (Å²) < 4.78 is 34.4. The Morgan fingerprint density at radius 3 is 2.52 bits per heavy atom. The van der Waals surface area contributed by atoms with Crippen LogP contribution in [-0.2, 0) is 26.1 Å².